The summed E-state index contributed by atoms with van der Waals surface area (Å²) in [5.41, 5.74) is 0.187. The van der Waals surface area contributed by atoms with E-state index in [0.29, 0.717) is 14.7 Å². The number of benzene rings is 1. The number of aromatic carboxylic acids is 1. The van der Waals surface area contributed by atoms with E-state index in [2.05, 4.69) is 31.9 Å². The van der Waals surface area contributed by atoms with Crippen molar-refractivity contribution < 1.29 is 14.6 Å². The first-order valence-electron chi connectivity index (χ1n) is 3.32. The molecule has 0 aliphatic rings. The molecule has 0 aliphatic heterocycles. The van der Waals surface area contributed by atoms with Gasteiger partial charge in [-0.05, 0) is 44.0 Å². The van der Waals surface area contributed by atoms with E-state index < -0.39 is 5.97 Å². The van der Waals surface area contributed by atoms with E-state index in [9.17, 15) is 4.79 Å². The summed E-state index contributed by atoms with van der Waals surface area (Å²) < 4.78 is 6.34. The molecule has 1 rings (SSSR count). The van der Waals surface area contributed by atoms with Crippen LogP contribution in [-0.2, 0) is 0 Å². The molecule has 5 heteroatoms. The molecular weight excluding hydrogens is 304 g/mol. The second-order valence-corrected chi connectivity index (χ2v) is 3.93. The Hall–Kier alpha value is -0.550. The van der Waals surface area contributed by atoms with Crippen molar-refractivity contribution in [2.24, 2.45) is 0 Å². The standard InChI is InChI=1S/C8H6Br2O3/c1-13-6-3-4(8(11)12)2-5(9)7(6)10/h2-3H,1H3,(H,11,12). The molecule has 0 bridgehead atoms. The number of carboxylic acid groups (broad SMARTS) is 1. The number of hydrogen-bond acceptors (Lipinski definition) is 2. The van der Waals surface area contributed by atoms with Crippen molar-refractivity contribution in [3.63, 3.8) is 0 Å². The van der Waals surface area contributed by atoms with Crippen LogP contribution in [0.5, 0.6) is 5.75 Å². The van der Waals surface area contributed by atoms with Gasteiger partial charge in [-0.15, -0.1) is 0 Å². The van der Waals surface area contributed by atoms with E-state index in [1.54, 1.807) is 0 Å². The van der Waals surface area contributed by atoms with E-state index in [0.717, 1.165) is 0 Å². The maximum Gasteiger partial charge on any atom is 0.335 e. The topological polar surface area (TPSA) is 46.5 Å². The summed E-state index contributed by atoms with van der Waals surface area (Å²) in [6.45, 7) is 0. The van der Waals surface area contributed by atoms with Gasteiger partial charge >= 0.3 is 5.97 Å². The van der Waals surface area contributed by atoms with Crippen LogP contribution in [0, 0.1) is 0 Å². The Morgan fingerprint density at radius 1 is 1.46 bits per heavy atom. The van der Waals surface area contributed by atoms with Gasteiger partial charge in [-0.2, -0.15) is 0 Å². The predicted octanol–water partition coefficient (Wildman–Crippen LogP) is 2.92. The molecule has 0 aromatic heterocycles. The molecule has 0 atom stereocenters. The zero-order valence-electron chi connectivity index (χ0n) is 6.67. The molecule has 0 unspecified atom stereocenters. The van der Waals surface area contributed by atoms with Crippen molar-refractivity contribution in [1.82, 2.24) is 0 Å². The average Bonchev–Trinajstić information content (AvgIpc) is 2.09. The van der Waals surface area contributed by atoms with Crippen LogP contribution < -0.4 is 4.74 Å². The Bertz CT molecular complexity index is 349. The SMILES string of the molecule is COc1cc(C(=O)O)cc(Br)c1Br. The summed E-state index contributed by atoms with van der Waals surface area (Å²) in [5, 5.41) is 8.73. The summed E-state index contributed by atoms with van der Waals surface area (Å²) in [5.74, 6) is -0.488. The van der Waals surface area contributed by atoms with Gasteiger partial charge in [0.2, 0.25) is 0 Å². The van der Waals surface area contributed by atoms with Crippen LogP contribution in [0.3, 0.4) is 0 Å². The molecule has 0 heterocycles. The number of carboxylic acids is 1. The average molecular weight is 310 g/mol. The van der Waals surface area contributed by atoms with Gasteiger partial charge in [-0.25, -0.2) is 4.79 Å². The van der Waals surface area contributed by atoms with Gasteiger partial charge in [-0.1, -0.05) is 0 Å². The van der Waals surface area contributed by atoms with Gasteiger partial charge in [0, 0.05) is 4.47 Å². The molecule has 0 spiro atoms. The number of ether oxygens (including phenoxy) is 1. The van der Waals surface area contributed by atoms with E-state index in [-0.39, 0.29) is 5.56 Å². The lowest BCUT2D eigenvalue weighted by Crippen LogP contribution is -1.97. The largest absolute Gasteiger partial charge is 0.496 e. The minimum absolute atomic E-state index is 0.187. The first kappa shape index (κ1) is 10.5. The van der Waals surface area contributed by atoms with Crippen molar-refractivity contribution in [3.05, 3.63) is 26.6 Å². The highest BCUT2D eigenvalue weighted by atomic mass is 79.9. The third-order valence-corrected chi connectivity index (χ3v) is 3.44. The lowest BCUT2D eigenvalue weighted by atomic mass is 10.2. The van der Waals surface area contributed by atoms with Crippen molar-refractivity contribution in [1.29, 1.82) is 0 Å². The van der Waals surface area contributed by atoms with Crippen LogP contribution in [0.1, 0.15) is 10.4 Å². The smallest absolute Gasteiger partial charge is 0.335 e. The third-order valence-electron chi connectivity index (χ3n) is 1.46. The van der Waals surface area contributed by atoms with E-state index >= 15 is 0 Å². The maximum atomic E-state index is 10.6. The lowest BCUT2D eigenvalue weighted by Gasteiger charge is -2.06. The molecular formula is C8H6Br2O3. The van der Waals surface area contributed by atoms with Gasteiger partial charge in [0.25, 0.3) is 0 Å². The fourth-order valence-corrected chi connectivity index (χ4v) is 1.67. The molecule has 3 nitrogen and oxygen atoms in total. The first-order chi connectivity index (χ1) is 6.06. The fraction of sp³-hybridized carbons (Fsp3) is 0.125. The number of hydrogen-bond donors (Lipinski definition) is 1. The Kier molecular flexibility index (Phi) is 3.33. The first-order valence-corrected chi connectivity index (χ1v) is 4.91. The fourth-order valence-electron chi connectivity index (χ4n) is 0.836. The van der Waals surface area contributed by atoms with Crippen molar-refractivity contribution in [3.8, 4) is 5.75 Å². The van der Waals surface area contributed by atoms with Crippen LogP contribution in [0.15, 0.2) is 21.1 Å². The van der Waals surface area contributed by atoms with Crippen LogP contribution in [0.25, 0.3) is 0 Å². The van der Waals surface area contributed by atoms with Crippen molar-refractivity contribution in [2.45, 2.75) is 0 Å². The molecule has 0 amide bonds. The molecule has 13 heavy (non-hydrogen) atoms. The molecule has 0 saturated carbocycles. The summed E-state index contributed by atoms with van der Waals surface area (Å²) in [6, 6.07) is 2.96. The Morgan fingerprint density at radius 2 is 2.08 bits per heavy atom. The van der Waals surface area contributed by atoms with E-state index in [4.69, 9.17) is 9.84 Å². The molecule has 1 aromatic rings. The van der Waals surface area contributed by atoms with Gasteiger partial charge in [0.15, 0.2) is 0 Å². The number of rotatable bonds is 2. The zero-order valence-corrected chi connectivity index (χ0v) is 9.85. The quantitative estimate of drug-likeness (QED) is 0.913. The van der Waals surface area contributed by atoms with Crippen molar-refractivity contribution >= 4 is 37.8 Å². The maximum absolute atomic E-state index is 10.6. The number of carbonyl (C=O) groups is 1. The summed E-state index contributed by atoms with van der Waals surface area (Å²) in [4.78, 5) is 10.6. The lowest BCUT2D eigenvalue weighted by molar-refractivity contribution is 0.0696. The second-order valence-electron chi connectivity index (χ2n) is 2.28. The minimum atomic E-state index is -0.980. The summed E-state index contributed by atoms with van der Waals surface area (Å²) >= 11 is 6.47. The summed E-state index contributed by atoms with van der Waals surface area (Å²) in [7, 11) is 1.48. The highest BCUT2D eigenvalue weighted by Crippen LogP contribution is 2.33. The Morgan fingerprint density at radius 3 is 2.54 bits per heavy atom. The van der Waals surface area contributed by atoms with E-state index in [1.165, 1.54) is 19.2 Å². The molecule has 0 fully saturated rings. The van der Waals surface area contributed by atoms with Gasteiger partial charge in [0.1, 0.15) is 5.75 Å². The second kappa shape index (κ2) is 4.11. The van der Waals surface area contributed by atoms with Crippen molar-refractivity contribution in [2.75, 3.05) is 7.11 Å². The highest BCUT2D eigenvalue weighted by molar-refractivity contribution is 9.13. The number of halogens is 2. The molecule has 1 aromatic carbocycles. The highest BCUT2D eigenvalue weighted by Gasteiger charge is 2.11. The van der Waals surface area contributed by atoms with Crippen LogP contribution in [0.4, 0.5) is 0 Å². The molecule has 70 valence electrons. The van der Waals surface area contributed by atoms with Crippen LogP contribution in [0.2, 0.25) is 0 Å². The van der Waals surface area contributed by atoms with Crippen LogP contribution >= 0.6 is 31.9 Å². The molecule has 0 saturated heterocycles. The predicted molar refractivity (Wildman–Crippen MR) is 55.4 cm³/mol. The molecule has 1 N–H and O–H groups in total. The molecule has 0 radical (unpaired) electrons. The Labute approximate surface area is 92.0 Å². The minimum Gasteiger partial charge on any atom is -0.496 e. The molecule has 0 aliphatic carbocycles. The Balaban J connectivity index is 3.30. The normalized spacial score (nSPS) is 9.77. The van der Waals surface area contributed by atoms with Crippen LogP contribution in [-0.4, -0.2) is 18.2 Å². The number of methoxy groups -OCH3 is 1. The van der Waals surface area contributed by atoms with E-state index in [1.807, 2.05) is 0 Å². The summed E-state index contributed by atoms with van der Waals surface area (Å²) in [6.07, 6.45) is 0. The zero-order chi connectivity index (χ0) is 10.0. The van der Waals surface area contributed by atoms with Gasteiger partial charge < -0.3 is 9.84 Å². The van der Waals surface area contributed by atoms with Gasteiger partial charge in [-0.3, -0.25) is 0 Å². The van der Waals surface area contributed by atoms with Gasteiger partial charge in [0.05, 0.1) is 17.1 Å². The third kappa shape index (κ3) is 2.22. The monoisotopic (exact) mass is 308 g/mol.